The van der Waals surface area contributed by atoms with Crippen molar-refractivity contribution in [3.63, 3.8) is 0 Å². The Balaban J connectivity index is 2.35. The van der Waals surface area contributed by atoms with E-state index >= 15 is 0 Å². The molecule has 0 radical (unpaired) electrons. The molecule has 7 nitrogen and oxygen atoms in total. The van der Waals surface area contributed by atoms with Gasteiger partial charge in [-0.3, -0.25) is 10.1 Å². The van der Waals surface area contributed by atoms with Crippen molar-refractivity contribution in [2.45, 2.75) is 0 Å². The minimum atomic E-state index is -0.495. The zero-order chi connectivity index (χ0) is 18.1. The monoisotopic (exact) mass is 379 g/mol. The quantitative estimate of drug-likeness (QED) is 0.286. The zero-order valence-electron chi connectivity index (χ0n) is 13.1. The summed E-state index contributed by atoms with van der Waals surface area (Å²) in [5, 5.41) is 12.0. The highest BCUT2D eigenvalue weighted by Crippen LogP contribution is 2.38. The Hall–Kier alpha value is -2.64. The Bertz CT molecular complexity index is 973. The van der Waals surface area contributed by atoms with E-state index < -0.39 is 4.92 Å². The van der Waals surface area contributed by atoms with Gasteiger partial charge in [-0.1, -0.05) is 11.6 Å². The number of aromatic nitrogens is 2. The molecule has 1 heterocycles. The first-order chi connectivity index (χ1) is 11.9. The van der Waals surface area contributed by atoms with Crippen LogP contribution in [0.25, 0.3) is 22.0 Å². The third kappa shape index (κ3) is 3.29. The number of methoxy groups -OCH3 is 2. The van der Waals surface area contributed by atoms with Crippen LogP contribution in [0.2, 0.25) is 10.4 Å². The third-order valence-corrected chi connectivity index (χ3v) is 4.06. The molecule has 0 aliphatic rings. The largest absolute Gasteiger partial charge is 0.497 e. The van der Waals surface area contributed by atoms with Crippen LogP contribution >= 0.6 is 23.2 Å². The van der Waals surface area contributed by atoms with Gasteiger partial charge in [0.05, 0.1) is 30.2 Å². The molecule has 0 unspecified atom stereocenters. The second-order valence-corrected chi connectivity index (χ2v) is 5.72. The molecule has 0 saturated heterocycles. The molecule has 0 aliphatic carbocycles. The van der Waals surface area contributed by atoms with Gasteiger partial charge in [-0.2, -0.15) is 0 Å². The highest BCUT2D eigenvalue weighted by Gasteiger charge is 2.20. The number of hydrogen-bond donors (Lipinski definition) is 0. The van der Waals surface area contributed by atoms with Gasteiger partial charge in [0, 0.05) is 17.5 Å². The van der Waals surface area contributed by atoms with Crippen LogP contribution < -0.4 is 9.47 Å². The Kier molecular flexibility index (Phi) is 4.61. The highest BCUT2D eigenvalue weighted by molar-refractivity contribution is 6.35. The highest BCUT2D eigenvalue weighted by atomic mass is 35.5. The van der Waals surface area contributed by atoms with Crippen LogP contribution in [0.5, 0.6) is 11.5 Å². The SMILES string of the molecule is COc1cc(OC)cc(-c2cc3c(Cl)nc(Cl)nc3cc2[N+](=O)[O-])c1. The van der Waals surface area contributed by atoms with Crippen molar-refractivity contribution < 1.29 is 14.4 Å². The summed E-state index contributed by atoms with van der Waals surface area (Å²) < 4.78 is 10.5. The maximum Gasteiger partial charge on any atom is 0.279 e. The number of nitro benzene ring substituents is 1. The van der Waals surface area contributed by atoms with Crippen molar-refractivity contribution in [3.05, 3.63) is 50.9 Å². The number of benzene rings is 2. The molecule has 0 N–H and O–H groups in total. The molecule has 0 saturated carbocycles. The van der Waals surface area contributed by atoms with E-state index in [1.807, 2.05) is 0 Å². The fraction of sp³-hybridized carbons (Fsp3) is 0.125. The van der Waals surface area contributed by atoms with Gasteiger partial charge in [0.1, 0.15) is 16.7 Å². The minimum absolute atomic E-state index is 0.0809. The fourth-order valence-corrected chi connectivity index (χ4v) is 2.90. The molecule has 0 fully saturated rings. The van der Waals surface area contributed by atoms with Crippen LogP contribution in [-0.2, 0) is 0 Å². The van der Waals surface area contributed by atoms with E-state index in [-0.39, 0.29) is 21.6 Å². The van der Waals surface area contributed by atoms with Gasteiger partial charge in [0.2, 0.25) is 5.28 Å². The zero-order valence-corrected chi connectivity index (χ0v) is 14.6. The van der Waals surface area contributed by atoms with Crippen molar-refractivity contribution in [1.82, 2.24) is 9.97 Å². The minimum Gasteiger partial charge on any atom is -0.497 e. The summed E-state index contributed by atoms with van der Waals surface area (Å²) >= 11 is 11.9. The fourth-order valence-electron chi connectivity index (χ4n) is 2.45. The molecule has 0 amide bonds. The number of halogens is 2. The Labute approximate surface area is 152 Å². The molecular formula is C16H11Cl2N3O4. The molecular weight excluding hydrogens is 369 g/mol. The van der Waals surface area contributed by atoms with E-state index in [1.165, 1.54) is 20.3 Å². The third-order valence-electron chi connectivity index (χ3n) is 3.60. The van der Waals surface area contributed by atoms with Gasteiger partial charge in [-0.15, -0.1) is 0 Å². The first-order valence-electron chi connectivity index (χ1n) is 6.97. The van der Waals surface area contributed by atoms with Crippen LogP contribution in [0.4, 0.5) is 5.69 Å². The summed E-state index contributed by atoms with van der Waals surface area (Å²) in [5.74, 6) is 1.00. The molecule has 1 aromatic heterocycles. The molecule has 128 valence electrons. The summed E-state index contributed by atoms with van der Waals surface area (Å²) in [6.45, 7) is 0. The normalized spacial score (nSPS) is 10.7. The number of nitrogens with zero attached hydrogens (tertiary/aromatic N) is 3. The van der Waals surface area contributed by atoms with Crippen molar-refractivity contribution in [1.29, 1.82) is 0 Å². The average Bonchev–Trinajstić information content (AvgIpc) is 2.59. The summed E-state index contributed by atoms with van der Waals surface area (Å²) in [6.07, 6.45) is 0. The van der Waals surface area contributed by atoms with E-state index in [2.05, 4.69) is 9.97 Å². The van der Waals surface area contributed by atoms with Crippen molar-refractivity contribution in [3.8, 4) is 22.6 Å². The van der Waals surface area contributed by atoms with Gasteiger partial charge >= 0.3 is 0 Å². The average molecular weight is 380 g/mol. The maximum atomic E-state index is 11.6. The molecule has 0 aliphatic heterocycles. The lowest BCUT2D eigenvalue weighted by molar-refractivity contribution is -0.384. The molecule has 9 heteroatoms. The van der Waals surface area contributed by atoms with Gasteiger partial charge in [-0.25, -0.2) is 9.97 Å². The van der Waals surface area contributed by atoms with Crippen molar-refractivity contribution in [2.24, 2.45) is 0 Å². The molecule has 3 rings (SSSR count). The number of hydrogen-bond acceptors (Lipinski definition) is 6. The number of fused-ring (bicyclic) bond motifs is 1. The summed E-state index contributed by atoms with van der Waals surface area (Å²) in [7, 11) is 3.00. The van der Waals surface area contributed by atoms with E-state index in [4.69, 9.17) is 32.7 Å². The van der Waals surface area contributed by atoms with Gasteiger partial charge in [0.25, 0.3) is 5.69 Å². The molecule has 0 bridgehead atoms. The van der Waals surface area contributed by atoms with Crippen molar-refractivity contribution >= 4 is 39.8 Å². The number of ether oxygens (including phenoxy) is 2. The smallest absolute Gasteiger partial charge is 0.279 e. The van der Waals surface area contributed by atoms with Crippen LogP contribution in [0.1, 0.15) is 0 Å². The molecule has 3 aromatic rings. The Morgan fingerprint density at radius 2 is 1.64 bits per heavy atom. The van der Waals surface area contributed by atoms with Crippen LogP contribution in [0.3, 0.4) is 0 Å². The van der Waals surface area contributed by atoms with E-state index in [1.54, 1.807) is 24.3 Å². The number of rotatable bonds is 4. The second kappa shape index (κ2) is 6.70. The van der Waals surface area contributed by atoms with Crippen molar-refractivity contribution in [2.75, 3.05) is 14.2 Å². The second-order valence-electron chi connectivity index (χ2n) is 5.03. The van der Waals surface area contributed by atoms with E-state index in [9.17, 15) is 10.1 Å². The van der Waals surface area contributed by atoms with Gasteiger partial charge in [-0.05, 0) is 35.4 Å². The maximum absolute atomic E-state index is 11.6. The first kappa shape index (κ1) is 17.2. The molecule has 2 aromatic carbocycles. The Morgan fingerprint density at radius 1 is 1.00 bits per heavy atom. The number of nitro groups is 1. The lowest BCUT2D eigenvalue weighted by atomic mass is 10.0. The Morgan fingerprint density at radius 3 is 2.20 bits per heavy atom. The summed E-state index contributed by atoms with van der Waals surface area (Å²) in [6, 6.07) is 7.88. The van der Waals surface area contributed by atoms with Gasteiger partial charge in [0.15, 0.2) is 0 Å². The lowest BCUT2D eigenvalue weighted by Crippen LogP contribution is -1.96. The van der Waals surface area contributed by atoms with Crippen LogP contribution in [0, 0.1) is 10.1 Å². The van der Waals surface area contributed by atoms with Crippen LogP contribution in [0.15, 0.2) is 30.3 Å². The van der Waals surface area contributed by atoms with E-state index in [0.29, 0.717) is 28.0 Å². The molecule has 0 spiro atoms. The van der Waals surface area contributed by atoms with Crippen LogP contribution in [-0.4, -0.2) is 29.1 Å². The predicted octanol–water partition coefficient (Wildman–Crippen LogP) is 4.53. The lowest BCUT2D eigenvalue weighted by Gasteiger charge is -2.10. The first-order valence-corrected chi connectivity index (χ1v) is 7.73. The predicted molar refractivity (Wildman–Crippen MR) is 94.8 cm³/mol. The molecule has 0 atom stereocenters. The summed E-state index contributed by atoms with van der Waals surface area (Å²) in [4.78, 5) is 18.9. The van der Waals surface area contributed by atoms with E-state index in [0.717, 1.165) is 0 Å². The van der Waals surface area contributed by atoms with Gasteiger partial charge < -0.3 is 9.47 Å². The summed E-state index contributed by atoms with van der Waals surface area (Å²) in [5.41, 5.74) is 1.02. The topological polar surface area (TPSA) is 87.4 Å². The standard InChI is InChI=1S/C16H11Cl2N3O4/c1-24-9-3-8(4-10(5-9)25-2)11-6-12-13(7-14(11)21(22)23)19-16(18)20-15(12)17/h3-7H,1-2H3. The molecule has 25 heavy (non-hydrogen) atoms.